The minimum Gasteiger partial charge on any atom is -0.493 e. The quantitative estimate of drug-likeness (QED) is 0.400. The molecule has 2 amide bonds. The molecule has 7 rings (SSSR count). The Morgan fingerprint density at radius 2 is 1.66 bits per heavy atom. The zero-order chi connectivity index (χ0) is 21.8. The molecule has 0 aromatic heterocycles. The molecular weight excluding hydrogens is 404 g/mol. The maximum absolute atomic E-state index is 13.0. The maximum atomic E-state index is 13.0. The summed E-state index contributed by atoms with van der Waals surface area (Å²) in [5, 5.41) is 5.40. The molecule has 32 heavy (non-hydrogen) atoms. The lowest BCUT2D eigenvalue weighted by molar-refractivity contribution is -0.140. The third-order valence-electron chi connectivity index (χ3n) is 7.39. The number of ether oxygens (including phenoxy) is 2. The van der Waals surface area contributed by atoms with Crippen molar-refractivity contribution >= 4 is 18.0 Å². The van der Waals surface area contributed by atoms with Gasteiger partial charge in [-0.05, 0) is 59.4 Å². The van der Waals surface area contributed by atoms with Gasteiger partial charge in [0.05, 0.1) is 25.2 Å². The number of rotatable bonds is 6. The fourth-order valence-corrected chi connectivity index (χ4v) is 5.80. The summed E-state index contributed by atoms with van der Waals surface area (Å²) in [7, 11) is 1.58. The molecular formula is C26H24N2O4. The third-order valence-corrected chi connectivity index (χ3v) is 7.39. The van der Waals surface area contributed by atoms with Crippen LogP contribution in [0.4, 0.5) is 0 Å². The molecule has 0 unspecified atom stereocenters. The van der Waals surface area contributed by atoms with Crippen molar-refractivity contribution in [3.63, 3.8) is 0 Å². The normalized spacial score (nSPS) is 31.7. The van der Waals surface area contributed by atoms with Crippen LogP contribution in [0.15, 0.2) is 65.8 Å². The Morgan fingerprint density at radius 1 is 0.969 bits per heavy atom. The van der Waals surface area contributed by atoms with Gasteiger partial charge in [-0.2, -0.15) is 10.1 Å². The number of amides is 2. The van der Waals surface area contributed by atoms with Crippen molar-refractivity contribution in [2.75, 3.05) is 7.11 Å². The number of carbonyl (C=O) groups is 2. The van der Waals surface area contributed by atoms with Crippen molar-refractivity contribution in [2.24, 2.45) is 40.6 Å². The van der Waals surface area contributed by atoms with Gasteiger partial charge < -0.3 is 9.47 Å². The standard InChI is InChI=1S/C26H24N2O4/c1-31-22-11-16(7-10-21(22)32-14-15-5-3-2-4-6-15)13-27-28-25(29)23-17-8-9-18(20-12-19(17)20)24(23)26(28)30/h2-11,13,17-20,23-24H,12,14H2,1H3/b27-13-/t17-,18-,19-,20+,23-,24-/m1/s1. The number of nitrogens with zero attached hydrogens (tertiary/aromatic N) is 2. The summed E-state index contributed by atoms with van der Waals surface area (Å²) < 4.78 is 11.4. The molecule has 2 saturated carbocycles. The zero-order valence-corrected chi connectivity index (χ0v) is 17.8. The highest BCUT2D eigenvalue weighted by Crippen LogP contribution is 2.65. The summed E-state index contributed by atoms with van der Waals surface area (Å²) in [6, 6.07) is 15.4. The van der Waals surface area contributed by atoms with Crippen LogP contribution in [0.3, 0.4) is 0 Å². The first kappa shape index (κ1) is 19.3. The number of hydrogen-bond acceptors (Lipinski definition) is 5. The van der Waals surface area contributed by atoms with E-state index in [-0.39, 0.29) is 35.5 Å². The number of benzene rings is 2. The minimum atomic E-state index is -0.235. The predicted molar refractivity (Wildman–Crippen MR) is 118 cm³/mol. The second-order valence-electron chi connectivity index (χ2n) is 9.07. The van der Waals surface area contributed by atoms with Crippen LogP contribution in [0.1, 0.15) is 17.5 Å². The van der Waals surface area contributed by atoms with E-state index < -0.39 is 0 Å². The van der Waals surface area contributed by atoms with E-state index in [2.05, 4.69) is 17.3 Å². The Labute approximate surface area is 186 Å². The first-order chi connectivity index (χ1) is 15.7. The molecule has 4 aliphatic carbocycles. The lowest BCUT2D eigenvalue weighted by Gasteiger charge is -2.37. The summed E-state index contributed by atoms with van der Waals surface area (Å²) >= 11 is 0. The Bertz CT molecular complexity index is 1110. The Kier molecular flexibility index (Phi) is 4.42. The SMILES string of the molecule is COc1cc(/C=N\N2C(=O)[C@@H]3[C@@H]4C=C[C@H]([C@@H]5C[C@H]45)[C@H]3C2=O)ccc1OCc1ccccc1. The highest BCUT2D eigenvalue weighted by Gasteiger charge is 2.67. The molecule has 2 bridgehead atoms. The summed E-state index contributed by atoms with van der Waals surface area (Å²) in [6.07, 6.45) is 7.03. The molecule has 162 valence electrons. The van der Waals surface area contributed by atoms with Crippen LogP contribution < -0.4 is 9.47 Å². The van der Waals surface area contributed by atoms with Gasteiger partial charge in [-0.3, -0.25) is 9.59 Å². The highest BCUT2D eigenvalue weighted by molar-refractivity contribution is 6.06. The van der Waals surface area contributed by atoms with Crippen LogP contribution in [0, 0.1) is 35.5 Å². The van der Waals surface area contributed by atoms with E-state index in [1.54, 1.807) is 19.4 Å². The Balaban J connectivity index is 1.18. The number of hydrazone groups is 1. The fraction of sp³-hybridized carbons (Fsp3) is 0.346. The first-order valence-electron chi connectivity index (χ1n) is 11.1. The summed E-state index contributed by atoms with van der Waals surface area (Å²) in [5.74, 6) is 1.98. The molecule has 2 aromatic carbocycles. The summed E-state index contributed by atoms with van der Waals surface area (Å²) in [6.45, 7) is 0.433. The largest absolute Gasteiger partial charge is 0.493 e. The number of carbonyl (C=O) groups excluding carboxylic acids is 2. The van der Waals surface area contributed by atoms with Gasteiger partial charge in [0.2, 0.25) is 0 Å². The van der Waals surface area contributed by atoms with Gasteiger partial charge in [0.15, 0.2) is 11.5 Å². The van der Waals surface area contributed by atoms with Gasteiger partial charge in [-0.1, -0.05) is 42.5 Å². The van der Waals surface area contributed by atoms with Gasteiger partial charge >= 0.3 is 0 Å². The average molecular weight is 428 g/mol. The van der Waals surface area contributed by atoms with Crippen molar-refractivity contribution in [1.82, 2.24) is 5.01 Å². The molecule has 6 heteroatoms. The zero-order valence-electron chi connectivity index (χ0n) is 17.8. The van der Waals surface area contributed by atoms with E-state index in [4.69, 9.17) is 9.47 Å². The van der Waals surface area contributed by atoms with Crippen LogP contribution in [-0.4, -0.2) is 30.1 Å². The summed E-state index contributed by atoms with van der Waals surface area (Å²) in [4.78, 5) is 26.1. The average Bonchev–Trinajstić information content (AvgIpc) is 3.61. The van der Waals surface area contributed by atoms with Crippen molar-refractivity contribution in [3.05, 3.63) is 71.8 Å². The maximum Gasteiger partial charge on any atom is 0.254 e. The molecule has 1 aliphatic heterocycles. The molecule has 5 aliphatic rings. The van der Waals surface area contributed by atoms with Gasteiger partial charge in [0.25, 0.3) is 11.8 Å². The molecule has 0 N–H and O–H groups in total. The van der Waals surface area contributed by atoms with Crippen LogP contribution in [0.25, 0.3) is 0 Å². The number of allylic oxidation sites excluding steroid dienone is 2. The summed E-state index contributed by atoms with van der Waals surface area (Å²) in [5.41, 5.74) is 1.79. The molecule has 0 spiro atoms. The predicted octanol–water partition coefficient (Wildman–Crippen LogP) is 3.66. The van der Waals surface area contributed by atoms with Crippen molar-refractivity contribution in [3.8, 4) is 11.5 Å². The number of methoxy groups -OCH3 is 1. The second-order valence-corrected chi connectivity index (χ2v) is 9.07. The fourth-order valence-electron chi connectivity index (χ4n) is 5.80. The molecule has 0 radical (unpaired) electrons. The second kappa shape index (κ2) is 7.33. The number of imide groups is 1. The van der Waals surface area contributed by atoms with E-state index in [0.717, 1.165) is 22.6 Å². The smallest absolute Gasteiger partial charge is 0.254 e. The molecule has 2 aromatic rings. The molecule has 1 heterocycles. The van der Waals surface area contributed by atoms with E-state index in [0.29, 0.717) is 29.9 Å². The lowest BCUT2D eigenvalue weighted by Crippen LogP contribution is -2.40. The van der Waals surface area contributed by atoms with Crippen molar-refractivity contribution in [2.45, 2.75) is 13.0 Å². The van der Waals surface area contributed by atoms with Gasteiger partial charge in [0.1, 0.15) is 6.61 Å². The van der Waals surface area contributed by atoms with Crippen molar-refractivity contribution < 1.29 is 19.1 Å². The highest BCUT2D eigenvalue weighted by atomic mass is 16.5. The monoisotopic (exact) mass is 428 g/mol. The third kappa shape index (κ3) is 2.97. The van der Waals surface area contributed by atoms with Crippen LogP contribution in [-0.2, 0) is 16.2 Å². The topological polar surface area (TPSA) is 68.2 Å². The first-order valence-corrected chi connectivity index (χ1v) is 11.1. The van der Waals surface area contributed by atoms with E-state index >= 15 is 0 Å². The van der Waals surface area contributed by atoms with Gasteiger partial charge in [-0.15, -0.1) is 0 Å². The van der Waals surface area contributed by atoms with Gasteiger partial charge in [-0.25, -0.2) is 0 Å². The molecule has 3 fully saturated rings. The number of hydrogen-bond donors (Lipinski definition) is 0. The minimum absolute atomic E-state index is 0.157. The van der Waals surface area contributed by atoms with Gasteiger partial charge in [0, 0.05) is 0 Å². The molecule has 6 nitrogen and oxygen atoms in total. The Hall–Kier alpha value is -3.41. The van der Waals surface area contributed by atoms with Crippen molar-refractivity contribution in [1.29, 1.82) is 0 Å². The molecule has 6 atom stereocenters. The lowest BCUT2D eigenvalue weighted by atomic mass is 9.63. The van der Waals surface area contributed by atoms with E-state index in [1.165, 1.54) is 0 Å². The van der Waals surface area contributed by atoms with Crippen LogP contribution >= 0.6 is 0 Å². The van der Waals surface area contributed by atoms with Crippen LogP contribution in [0.5, 0.6) is 11.5 Å². The van der Waals surface area contributed by atoms with Crippen LogP contribution in [0.2, 0.25) is 0 Å². The van der Waals surface area contributed by atoms with E-state index in [1.807, 2.05) is 42.5 Å². The Morgan fingerprint density at radius 3 is 2.31 bits per heavy atom. The molecule has 1 saturated heterocycles. The van der Waals surface area contributed by atoms with E-state index in [9.17, 15) is 9.59 Å².